The van der Waals surface area contributed by atoms with Crippen molar-refractivity contribution in [3.8, 4) is 11.4 Å². The molecule has 0 unspecified atom stereocenters. The Hall–Kier alpha value is -2.51. The van der Waals surface area contributed by atoms with Gasteiger partial charge in [-0.05, 0) is 12.8 Å². The highest BCUT2D eigenvalue weighted by Crippen LogP contribution is 2.40. The lowest BCUT2D eigenvalue weighted by atomic mass is 9.89. The fraction of sp³-hybridized carbons (Fsp3) is 0.450. The molecule has 0 radical (unpaired) electrons. The van der Waals surface area contributed by atoms with Crippen molar-refractivity contribution in [3.63, 3.8) is 0 Å². The summed E-state index contributed by atoms with van der Waals surface area (Å²) in [6.45, 7) is 1.22. The van der Waals surface area contributed by atoms with E-state index < -0.39 is 11.8 Å². The second kappa shape index (κ2) is 7.25. The maximum absolute atomic E-state index is 13.1. The molecular weight excluding hydrogens is 348 g/mol. The number of rotatable bonds is 3. The SMILES string of the molecule is COC(=O)c1cnc(-c2ccccc2)n(C2CCC3(CC2)OCCO3)c1=O. The molecule has 2 aliphatic rings. The molecule has 27 heavy (non-hydrogen) atoms. The van der Waals surface area contributed by atoms with E-state index in [4.69, 9.17) is 14.2 Å². The smallest absolute Gasteiger partial charge is 0.345 e. The summed E-state index contributed by atoms with van der Waals surface area (Å²) in [4.78, 5) is 29.6. The Morgan fingerprint density at radius 2 is 1.85 bits per heavy atom. The summed E-state index contributed by atoms with van der Waals surface area (Å²) in [6, 6.07) is 9.44. The van der Waals surface area contributed by atoms with Gasteiger partial charge in [0, 0.05) is 30.6 Å². The van der Waals surface area contributed by atoms with Crippen LogP contribution in [0.15, 0.2) is 41.3 Å². The molecule has 0 atom stereocenters. The number of nitrogens with zero attached hydrogens (tertiary/aromatic N) is 2. The Bertz CT molecular complexity index is 877. The van der Waals surface area contributed by atoms with Gasteiger partial charge in [0.15, 0.2) is 5.79 Å². The summed E-state index contributed by atoms with van der Waals surface area (Å²) in [7, 11) is 1.26. The lowest BCUT2D eigenvalue weighted by Crippen LogP contribution is -2.39. The monoisotopic (exact) mass is 370 g/mol. The lowest BCUT2D eigenvalue weighted by Gasteiger charge is -2.36. The number of aromatic nitrogens is 2. The molecule has 0 amide bonds. The van der Waals surface area contributed by atoms with Crippen LogP contribution in [-0.4, -0.2) is 41.6 Å². The van der Waals surface area contributed by atoms with Gasteiger partial charge in [0.25, 0.3) is 5.56 Å². The van der Waals surface area contributed by atoms with Crippen molar-refractivity contribution in [3.05, 3.63) is 52.4 Å². The third-order valence-corrected chi connectivity index (χ3v) is 5.33. The van der Waals surface area contributed by atoms with Crippen LogP contribution in [0.4, 0.5) is 0 Å². The summed E-state index contributed by atoms with van der Waals surface area (Å²) in [6.07, 6.45) is 4.15. The Morgan fingerprint density at radius 1 is 1.19 bits per heavy atom. The van der Waals surface area contributed by atoms with Crippen LogP contribution in [0.25, 0.3) is 11.4 Å². The van der Waals surface area contributed by atoms with Gasteiger partial charge < -0.3 is 14.2 Å². The molecule has 1 saturated carbocycles. The number of ether oxygens (including phenoxy) is 3. The molecule has 142 valence electrons. The van der Waals surface area contributed by atoms with Crippen LogP contribution in [0.5, 0.6) is 0 Å². The molecule has 1 spiro atoms. The number of carbonyl (C=O) groups excluding carboxylic acids is 1. The summed E-state index contributed by atoms with van der Waals surface area (Å²) in [5.41, 5.74) is 0.412. The highest BCUT2D eigenvalue weighted by molar-refractivity contribution is 5.88. The van der Waals surface area contributed by atoms with Crippen molar-refractivity contribution >= 4 is 5.97 Å². The maximum atomic E-state index is 13.1. The van der Waals surface area contributed by atoms with Gasteiger partial charge in [-0.15, -0.1) is 0 Å². The predicted octanol–water partition coefficient (Wildman–Crippen LogP) is 2.56. The molecule has 1 aliphatic heterocycles. The standard InChI is InChI=1S/C20H22N2O5/c1-25-19(24)16-13-21-17(14-5-3-2-4-6-14)22(18(16)23)15-7-9-20(10-8-15)26-11-12-27-20/h2-6,13,15H,7-12H2,1H3. The summed E-state index contributed by atoms with van der Waals surface area (Å²) in [5.74, 6) is -0.626. The molecule has 1 saturated heterocycles. The van der Waals surface area contributed by atoms with Gasteiger partial charge in [0.2, 0.25) is 0 Å². The molecule has 1 aromatic heterocycles. The van der Waals surface area contributed by atoms with Gasteiger partial charge in [0.05, 0.1) is 20.3 Å². The van der Waals surface area contributed by atoms with E-state index >= 15 is 0 Å². The summed E-state index contributed by atoms with van der Waals surface area (Å²) >= 11 is 0. The molecule has 1 aliphatic carbocycles. The highest BCUT2D eigenvalue weighted by Gasteiger charge is 2.41. The second-order valence-electron chi connectivity index (χ2n) is 6.87. The maximum Gasteiger partial charge on any atom is 0.345 e. The van der Waals surface area contributed by atoms with Crippen LogP contribution in [0, 0.1) is 0 Å². The largest absolute Gasteiger partial charge is 0.465 e. The molecular formula is C20H22N2O5. The Labute approximate surface area is 156 Å². The van der Waals surface area contributed by atoms with E-state index in [-0.39, 0.29) is 17.2 Å². The molecule has 0 N–H and O–H groups in total. The predicted molar refractivity (Wildman–Crippen MR) is 97.4 cm³/mol. The number of methoxy groups -OCH3 is 1. The first-order valence-corrected chi connectivity index (χ1v) is 9.17. The first-order valence-electron chi connectivity index (χ1n) is 9.17. The van der Waals surface area contributed by atoms with Crippen molar-refractivity contribution in [2.24, 2.45) is 0 Å². The van der Waals surface area contributed by atoms with Crippen LogP contribution < -0.4 is 5.56 Å². The van der Waals surface area contributed by atoms with Crippen molar-refractivity contribution in [1.82, 2.24) is 9.55 Å². The average Bonchev–Trinajstić information content (AvgIpc) is 3.17. The number of hydrogen-bond acceptors (Lipinski definition) is 6. The van der Waals surface area contributed by atoms with Gasteiger partial charge in [-0.3, -0.25) is 9.36 Å². The van der Waals surface area contributed by atoms with E-state index in [9.17, 15) is 9.59 Å². The third kappa shape index (κ3) is 3.28. The quantitative estimate of drug-likeness (QED) is 0.773. The lowest BCUT2D eigenvalue weighted by molar-refractivity contribution is -0.181. The summed E-state index contributed by atoms with van der Waals surface area (Å²) < 4.78 is 18.0. The van der Waals surface area contributed by atoms with Gasteiger partial charge in [0.1, 0.15) is 11.4 Å². The minimum absolute atomic E-state index is 0.0502. The normalized spacial score (nSPS) is 19.3. The zero-order chi connectivity index (χ0) is 18.9. The average molecular weight is 370 g/mol. The van der Waals surface area contributed by atoms with Crippen LogP contribution in [0.1, 0.15) is 42.1 Å². The Kier molecular flexibility index (Phi) is 4.80. The first-order chi connectivity index (χ1) is 13.1. The van der Waals surface area contributed by atoms with Gasteiger partial charge in [-0.25, -0.2) is 9.78 Å². The van der Waals surface area contributed by atoms with E-state index in [0.717, 1.165) is 5.56 Å². The van der Waals surface area contributed by atoms with E-state index in [1.165, 1.54) is 13.3 Å². The fourth-order valence-corrected chi connectivity index (χ4v) is 3.94. The van der Waals surface area contributed by atoms with Crippen molar-refractivity contribution in [1.29, 1.82) is 0 Å². The third-order valence-electron chi connectivity index (χ3n) is 5.33. The molecule has 2 aromatic rings. The van der Waals surface area contributed by atoms with Gasteiger partial charge in [-0.2, -0.15) is 0 Å². The second-order valence-corrected chi connectivity index (χ2v) is 6.87. The number of carbonyl (C=O) groups is 1. The van der Waals surface area contributed by atoms with Crippen molar-refractivity contribution < 1.29 is 19.0 Å². The zero-order valence-corrected chi connectivity index (χ0v) is 15.2. The Morgan fingerprint density at radius 3 is 2.48 bits per heavy atom. The number of benzene rings is 1. The minimum atomic E-state index is -0.671. The summed E-state index contributed by atoms with van der Waals surface area (Å²) in [5, 5.41) is 0. The van der Waals surface area contributed by atoms with E-state index in [0.29, 0.717) is 44.7 Å². The van der Waals surface area contributed by atoms with Gasteiger partial charge >= 0.3 is 5.97 Å². The van der Waals surface area contributed by atoms with Crippen molar-refractivity contribution in [2.45, 2.75) is 37.5 Å². The number of esters is 1. The molecule has 7 heteroatoms. The number of hydrogen-bond donors (Lipinski definition) is 0. The van der Waals surface area contributed by atoms with E-state index in [2.05, 4.69) is 4.98 Å². The van der Waals surface area contributed by atoms with Crippen LogP contribution in [0.2, 0.25) is 0 Å². The molecule has 7 nitrogen and oxygen atoms in total. The minimum Gasteiger partial charge on any atom is -0.465 e. The molecule has 1 aromatic carbocycles. The van der Waals surface area contributed by atoms with E-state index in [1.54, 1.807) is 4.57 Å². The van der Waals surface area contributed by atoms with E-state index in [1.807, 2.05) is 30.3 Å². The molecule has 2 heterocycles. The van der Waals surface area contributed by atoms with Crippen molar-refractivity contribution in [2.75, 3.05) is 20.3 Å². The van der Waals surface area contributed by atoms with Crippen LogP contribution in [-0.2, 0) is 14.2 Å². The first kappa shape index (κ1) is 17.9. The molecule has 4 rings (SSSR count). The fourth-order valence-electron chi connectivity index (χ4n) is 3.94. The van der Waals surface area contributed by atoms with Crippen LogP contribution in [0.3, 0.4) is 0 Å². The highest BCUT2D eigenvalue weighted by atomic mass is 16.7. The molecule has 2 fully saturated rings. The Balaban J connectivity index is 1.75. The molecule has 0 bridgehead atoms. The van der Waals surface area contributed by atoms with Crippen LogP contribution >= 0.6 is 0 Å². The zero-order valence-electron chi connectivity index (χ0n) is 15.2. The topological polar surface area (TPSA) is 79.7 Å². The van der Waals surface area contributed by atoms with Gasteiger partial charge in [-0.1, -0.05) is 30.3 Å².